The molecule has 1 fully saturated rings. The molecule has 1 N–H and O–H groups in total. The van der Waals surface area contributed by atoms with E-state index >= 15 is 0 Å². The first-order valence-corrected chi connectivity index (χ1v) is 12.1. The maximum absolute atomic E-state index is 13.2. The summed E-state index contributed by atoms with van der Waals surface area (Å²) in [4.78, 5) is 32.1. The van der Waals surface area contributed by atoms with E-state index in [0.29, 0.717) is 19.3 Å². The maximum Gasteiger partial charge on any atom is 0.307 e. The number of nitrogens with zero attached hydrogens (tertiary/aromatic N) is 1. The number of fused-ring (bicyclic) bond motifs is 1. The molecule has 2 heterocycles. The zero-order chi connectivity index (χ0) is 19.7. The highest BCUT2D eigenvalue weighted by molar-refractivity contribution is 7.15. The number of thiazole rings is 1. The van der Waals surface area contributed by atoms with Gasteiger partial charge in [0, 0.05) is 38.7 Å². The normalized spacial score (nSPS) is 22.5. The molecule has 0 amide bonds. The maximum atomic E-state index is 13.2. The van der Waals surface area contributed by atoms with Crippen molar-refractivity contribution < 1.29 is 14.7 Å². The number of hydrogen-bond acceptors (Lipinski definition) is 5. The zero-order valence-electron chi connectivity index (χ0n) is 16.3. The number of carbonyl (C=O) groups is 2. The number of carbonyl (C=O) groups excluding carboxylic acids is 1. The van der Waals surface area contributed by atoms with Crippen LogP contribution in [0.4, 0.5) is 0 Å². The largest absolute Gasteiger partial charge is 0.481 e. The van der Waals surface area contributed by atoms with E-state index in [0.717, 1.165) is 41.3 Å². The Morgan fingerprint density at radius 2 is 1.86 bits per heavy atom. The number of ketones is 1. The number of aromatic nitrogens is 1. The summed E-state index contributed by atoms with van der Waals surface area (Å²) in [7, 11) is 0. The van der Waals surface area contributed by atoms with Crippen molar-refractivity contribution in [3.8, 4) is 10.6 Å². The Bertz CT molecular complexity index is 882. The van der Waals surface area contributed by atoms with Gasteiger partial charge in [-0.1, -0.05) is 19.3 Å². The van der Waals surface area contributed by atoms with Crippen LogP contribution in [0, 0.1) is 18.8 Å². The third-order valence-corrected chi connectivity index (χ3v) is 8.43. The van der Waals surface area contributed by atoms with Crippen LogP contribution in [0.1, 0.15) is 66.0 Å². The number of carboxylic acids is 1. The molecule has 0 bridgehead atoms. The van der Waals surface area contributed by atoms with Gasteiger partial charge in [-0.25, -0.2) is 4.98 Å². The van der Waals surface area contributed by atoms with Crippen molar-refractivity contribution in [1.29, 1.82) is 0 Å². The number of aryl methyl sites for hydroxylation is 2. The Hall–Kier alpha value is -1.53. The lowest BCUT2D eigenvalue weighted by molar-refractivity contribution is -0.148. The first-order chi connectivity index (χ1) is 13.5. The molecule has 0 unspecified atom stereocenters. The van der Waals surface area contributed by atoms with E-state index in [1.54, 1.807) is 22.7 Å². The first kappa shape index (κ1) is 19.8. The highest BCUT2D eigenvalue weighted by atomic mass is 32.1. The minimum Gasteiger partial charge on any atom is -0.481 e. The summed E-state index contributed by atoms with van der Waals surface area (Å²) < 4.78 is 0. The minimum absolute atomic E-state index is 0.109. The molecule has 2 aromatic heterocycles. The molecule has 4 rings (SSSR count). The van der Waals surface area contributed by atoms with E-state index < -0.39 is 11.9 Å². The van der Waals surface area contributed by atoms with Crippen LogP contribution < -0.4 is 0 Å². The van der Waals surface area contributed by atoms with Crippen LogP contribution in [0.25, 0.3) is 10.6 Å². The van der Waals surface area contributed by atoms with E-state index in [1.165, 1.54) is 35.3 Å². The summed E-state index contributed by atoms with van der Waals surface area (Å²) in [6.45, 7) is 2.01. The highest BCUT2D eigenvalue weighted by Crippen LogP contribution is 2.42. The fourth-order valence-electron chi connectivity index (χ4n) is 4.74. The average Bonchev–Trinajstić information content (AvgIpc) is 3.16. The first-order valence-electron chi connectivity index (χ1n) is 10.4. The van der Waals surface area contributed by atoms with Crippen molar-refractivity contribution >= 4 is 34.4 Å². The van der Waals surface area contributed by atoms with E-state index in [1.807, 2.05) is 6.92 Å². The molecule has 6 heteroatoms. The van der Waals surface area contributed by atoms with E-state index in [9.17, 15) is 14.7 Å². The summed E-state index contributed by atoms with van der Waals surface area (Å²) in [5.74, 6) is -1.54. The second-order valence-electron chi connectivity index (χ2n) is 8.14. The number of carboxylic acid groups (broad SMARTS) is 1. The van der Waals surface area contributed by atoms with E-state index in [4.69, 9.17) is 4.98 Å². The van der Waals surface area contributed by atoms with Gasteiger partial charge >= 0.3 is 5.97 Å². The number of rotatable bonds is 5. The van der Waals surface area contributed by atoms with Crippen LogP contribution in [0.2, 0.25) is 0 Å². The summed E-state index contributed by atoms with van der Waals surface area (Å²) in [6, 6.07) is 0. The molecule has 2 aliphatic rings. The summed E-state index contributed by atoms with van der Waals surface area (Å²) in [6.07, 6.45) is 9.39. The van der Waals surface area contributed by atoms with Crippen LogP contribution in [-0.4, -0.2) is 21.8 Å². The smallest absolute Gasteiger partial charge is 0.307 e. The van der Waals surface area contributed by atoms with Crippen LogP contribution in [0.3, 0.4) is 0 Å². The molecule has 0 spiro atoms. The number of aliphatic carboxylic acids is 1. The number of thiophene rings is 1. The second-order valence-corrected chi connectivity index (χ2v) is 10.2. The average molecular weight is 418 g/mol. The molecule has 0 aliphatic heterocycles. The van der Waals surface area contributed by atoms with Crippen LogP contribution in [0.5, 0.6) is 0 Å². The Morgan fingerprint density at radius 3 is 2.57 bits per heavy atom. The molecule has 2 atom stereocenters. The van der Waals surface area contributed by atoms with Crippen molar-refractivity contribution in [3.63, 3.8) is 0 Å². The van der Waals surface area contributed by atoms with Crippen molar-refractivity contribution in [2.45, 2.75) is 71.1 Å². The van der Waals surface area contributed by atoms with E-state index in [-0.39, 0.29) is 11.7 Å². The molecular formula is C22H27NO3S2. The molecule has 2 aliphatic carbocycles. The lowest BCUT2D eigenvalue weighted by Crippen LogP contribution is -2.33. The molecule has 0 aromatic carbocycles. The minimum atomic E-state index is -0.809. The third-order valence-electron chi connectivity index (χ3n) is 6.16. The molecular weight excluding hydrogens is 390 g/mol. The molecule has 1 saturated carbocycles. The van der Waals surface area contributed by atoms with Gasteiger partial charge in [0.15, 0.2) is 0 Å². The molecule has 4 nitrogen and oxygen atoms in total. The lowest BCUT2D eigenvalue weighted by atomic mass is 9.76. The van der Waals surface area contributed by atoms with Gasteiger partial charge in [0.2, 0.25) is 0 Å². The summed E-state index contributed by atoms with van der Waals surface area (Å²) in [5, 5.41) is 12.7. The Balaban J connectivity index is 1.67. The van der Waals surface area contributed by atoms with Crippen molar-refractivity contribution in [2.24, 2.45) is 11.8 Å². The summed E-state index contributed by atoms with van der Waals surface area (Å²) >= 11 is 3.44. The van der Waals surface area contributed by atoms with Gasteiger partial charge in [-0.3, -0.25) is 9.59 Å². The standard InChI is InChI=1S/C22H27NO3S2/c1-13-12-27-21(23-13)20-16-9-3-2-4-10-18(16)28-19(20)11-17(24)14-7-5-6-8-15(14)22(25)26/h12,14-15H,2-11H2,1H3,(H,25,26)/t14-,15-/m0/s1. The molecule has 0 radical (unpaired) electrons. The van der Waals surface area contributed by atoms with Gasteiger partial charge < -0.3 is 5.11 Å². The zero-order valence-corrected chi connectivity index (χ0v) is 18.0. The Kier molecular flexibility index (Phi) is 5.97. The predicted molar refractivity (Wildman–Crippen MR) is 113 cm³/mol. The fraction of sp³-hybridized carbons (Fsp3) is 0.591. The third kappa shape index (κ3) is 3.94. The van der Waals surface area contributed by atoms with Crippen LogP contribution in [-0.2, 0) is 28.9 Å². The topological polar surface area (TPSA) is 67.3 Å². The predicted octanol–water partition coefficient (Wildman–Crippen LogP) is 5.45. The van der Waals surface area contributed by atoms with Gasteiger partial charge in [0.05, 0.1) is 5.92 Å². The monoisotopic (exact) mass is 417 g/mol. The fourth-order valence-corrected chi connectivity index (χ4v) is 7.11. The summed E-state index contributed by atoms with van der Waals surface area (Å²) in [5.41, 5.74) is 3.61. The second kappa shape index (κ2) is 8.46. The SMILES string of the molecule is Cc1csc(-c2c(CC(=O)[C@H]3CCCC[C@@H]3C(=O)O)sc3c2CCCCC3)n1. The van der Waals surface area contributed by atoms with Crippen molar-refractivity contribution in [3.05, 3.63) is 26.4 Å². The van der Waals surface area contributed by atoms with Crippen molar-refractivity contribution in [2.75, 3.05) is 0 Å². The van der Waals surface area contributed by atoms with Crippen LogP contribution >= 0.6 is 22.7 Å². The Labute approximate surface area is 174 Å². The number of Topliss-reactive ketones (excluding diaryl/α,β-unsaturated/α-hetero) is 1. The molecule has 150 valence electrons. The molecule has 0 saturated heterocycles. The van der Waals surface area contributed by atoms with Gasteiger partial charge in [-0.15, -0.1) is 22.7 Å². The molecule has 2 aromatic rings. The number of hydrogen-bond donors (Lipinski definition) is 1. The molecule has 28 heavy (non-hydrogen) atoms. The van der Waals surface area contributed by atoms with Crippen LogP contribution in [0.15, 0.2) is 5.38 Å². The quantitative estimate of drug-likeness (QED) is 0.657. The van der Waals surface area contributed by atoms with Gasteiger partial charge in [0.25, 0.3) is 0 Å². The van der Waals surface area contributed by atoms with Gasteiger partial charge in [0.1, 0.15) is 10.8 Å². The highest BCUT2D eigenvalue weighted by Gasteiger charge is 2.36. The van der Waals surface area contributed by atoms with Gasteiger partial charge in [-0.2, -0.15) is 0 Å². The Morgan fingerprint density at radius 1 is 1.11 bits per heavy atom. The van der Waals surface area contributed by atoms with E-state index in [2.05, 4.69) is 5.38 Å². The van der Waals surface area contributed by atoms with Crippen molar-refractivity contribution in [1.82, 2.24) is 4.98 Å². The lowest BCUT2D eigenvalue weighted by Gasteiger charge is -2.27. The van der Waals surface area contributed by atoms with Gasteiger partial charge in [-0.05, 0) is 51.0 Å².